The molecule has 1 atom stereocenters. The molecule has 0 radical (unpaired) electrons. The number of nitrogens with zero attached hydrogens (tertiary/aromatic N) is 3. The SMILES string of the molecule is CN(CC(=O)N1N=C(c2cccs2)CC1c1ccc(F)cc1)C(=O)c1ccco1. The molecule has 1 aliphatic rings. The van der Waals surface area contributed by atoms with Crippen LogP contribution >= 0.6 is 11.3 Å². The van der Waals surface area contributed by atoms with Gasteiger partial charge >= 0.3 is 0 Å². The molecule has 0 spiro atoms. The van der Waals surface area contributed by atoms with Crippen molar-refractivity contribution in [1.82, 2.24) is 9.91 Å². The van der Waals surface area contributed by atoms with Gasteiger partial charge in [-0.1, -0.05) is 18.2 Å². The standard InChI is InChI=1S/C21H18FN3O3S/c1-24(21(27)18-4-2-10-28-18)13-20(26)25-17(14-6-8-15(22)9-7-14)12-16(23-25)19-5-3-11-29-19/h2-11,17H,12-13H2,1H3. The van der Waals surface area contributed by atoms with Crippen molar-refractivity contribution in [2.45, 2.75) is 12.5 Å². The topological polar surface area (TPSA) is 66.1 Å². The first-order chi connectivity index (χ1) is 14.0. The van der Waals surface area contributed by atoms with Gasteiger partial charge in [-0.25, -0.2) is 9.40 Å². The average molecular weight is 411 g/mol. The summed E-state index contributed by atoms with van der Waals surface area (Å²) in [6, 6.07) is 12.7. The second kappa shape index (κ2) is 8.00. The second-order valence-electron chi connectivity index (χ2n) is 6.67. The molecule has 0 saturated heterocycles. The van der Waals surface area contributed by atoms with Gasteiger partial charge in [-0.2, -0.15) is 5.10 Å². The van der Waals surface area contributed by atoms with E-state index in [4.69, 9.17) is 4.42 Å². The minimum absolute atomic E-state index is 0.154. The summed E-state index contributed by atoms with van der Waals surface area (Å²) in [4.78, 5) is 27.7. The van der Waals surface area contributed by atoms with Crippen LogP contribution < -0.4 is 0 Å². The van der Waals surface area contributed by atoms with Crippen LogP contribution in [0, 0.1) is 5.82 Å². The van der Waals surface area contributed by atoms with Gasteiger partial charge in [0.25, 0.3) is 11.8 Å². The number of carbonyl (C=O) groups excluding carboxylic acids is 2. The van der Waals surface area contributed by atoms with E-state index in [-0.39, 0.29) is 36.0 Å². The maximum Gasteiger partial charge on any atom is 0.289 e. The molecule has 1 aromatic carbocycles. The highest BCUT2D eigenvalue weighted by atomic mass is 32.1. The number of halogens is 1. The molecule has 1 unspecified atom stereocenters. The van der Waals surface area contributed by atoms with Crippen molar-refractivity contribution in [3.63, 3.8) is 0 Å². The summed E-state index contributed by atoms with van der Waals surface area (Å²) >= 11 is 1.54. The van der Waals surface area contributed by atoms with E-state index < -0.39 is 0 Å². The van der Waals surface area contributed by atoms with Crippen molar-refractivity contribution >= 4 is 28.9 Å². The zero-order valence-electron chi connectivity index (χ0n) is 15.6. The number of hydrogen-bond acceptors (Lipinski definition) is 5. The van der Waals surface area contributed by atoms with Crippen LogP contribution in [0.5, 0.6) is 0 Å². The third kappa shape index (κ3) is 3.97. The Morgan fingerprint density at radius 1 is 1.24 bits per heavy atom. The first-order valence-corrected chi connectivity index (χ1v) is 9.89. The maximum absolute atomic E-state index is 13.4. The molecule has 3 aromatic rings. The number of hydrogen-bond donors (Lipinski definition) is 0. The van der Waals surface area contributed by atoms with E-state index in [9.17, 15) is 14.0 Å². The number of amides is 2. The predicted octanol–water partition coefficient (Wildman–Crippen LogP) is 3.93. The van der Waals surface area contributed by atoms with E-state index >= 15 is 0 Å². The molecule has 1 aliphatic heterocycles. The molecule has 0 aliphatic carbocycles. The highest BCUT2D eigenvalue weighted by Gasteiger charge is 2.34. The van der Waals surface area contributed by atoms with Crippen molar-refractivity contribution in [2.75, 3.05) is 13.6 Å². The lowest BCUT2D eigenvalue weighted by Gasteiger charge is -2.24. The van der Waals surface area contributed by atoms with Gasteiger partial charge < -0.3 is 9.32 Å². The van der Waals surface area contributed by atoms with Gasteiger partial charge in [-0.05, 0) is 41.3 Å². The van der Waals surface area contributed by atoms with Crippen molar-refractivity contribution in [2.24, 2.45) is 5.10 Å². The van der Waals surface area contributed by atoms with Crippen LogP contribution in [-0.4, -0.2) is 41.0 Å². The number of likely N-dealkylation sites (N-methyl/N-ethyl adjacent to an activating group) is 1. The van der Waals surface area contributed by atoms with Crippen molar-refractivity contribution in [3.05, 3.63) is 82.2 Å². The highest BCUT2D eigenvalue weighted by Crippen LogP contribution is 2.34. The zero-order valence-corrected chi connectivity index (χ0v) is 16.4. The lowest BCUT2D eigenvalue weighted by Crippen LogP contribution is -2.39. The fourth-order valence-corrected chi connectivity index (χ4v) is 3.93. The number of hydrazone groups is 1. The second-order valence-corrected chi connectivity index (χ2v) is 7.62. The molecule has 4 rings (SSSR count). The molecular weight excluding hydrogens is 393 g/mol. The molecule has 0 bridgehead atoms. The molecule has 6 nitrogen and oxygen atoms in total. The molecule has 148 valence electrons. The number of furan rings is 1. The molecule has 29 heavy (non-hydrogen) atoms. The summed E-state index contributed by atoms with van der Waals surface area (Å²) < 4.78 is 18.5. The lowest BCUT2D eigenvalue weighted by atomic mass is 10.0. The normalized spacial score (nSPS) is 16.0. The van der Waals surface area contributed by atoms with Crippen LogP contribution in [0.25, 0.3) is 0 Å². The van der Waals surface area contributed by atoms with E-state index in [2.05, 4.69) is 5.10 Å². The molecule has 3 heterocycles. The fraction of sp³-hybridized carbons (Fsp3) is 0.190. The number of rotatable bonds is 5. The van der Waals surface area contributed by atoms with Crippen LogP contribution in [0.1, 0.15) is 33.5 Å². The smallest absolute Gasteiger partial charge is 0.289 e. The fourth-order valence-electron chi connectivity index (χ4n) is 3.21. The minimum atomic E-state index is -0.386. The Kier molecular flexibility index (Phi) is 5.26. The van der Waals surface area contributed by atoms with Gasteiger partial charge in [0, 0.05) is 13.5 Å². The van der Waals surface area contributed by atoms with E-state index in [1.807, 2.05) is 17.5 Å². The molecular formula is C21H18FN3O3S. The molecule has 2 aromatic heterocycles. The van der Waals surface area contributed by atoms with Gasteiger partial charge in [-0.15, -0.1) is 11.3 Å². The van der Waals surface area contributed by atoms with Crippen LogP contribution in [0.15, 0.2) is 69.7 Å². The summed E-state index contributed by atoms with van der Waals surface area (Å²) in [5.41, 5.74) is 1.58. The Labute approximate surface area is 170 Å². The Bertz CT molecular complexity index is 1030. The van der Waals surface area contributed by atoms with Gasteiger partial charge in [0.15, 0.2) is 5.76 Å². The summed E-state index contributed by atoms with van der Waals surface area (Å²) in [6.07, 6.45) is 1.93. The Morgan fingerprint density at radius 3 is 2.69 bits per heavy atom. The van der Waals surface area contributed by atoms with E-state index in [1.165, 1.54) is 35.4 Å². The Morgan fingerprint density at radius 2 is 2.03 bits per heavy atom. The first kappa shape index (κ1) is 19.1. The van der Waals surface area contributed by atoms with Crippen molar-refractivity contribution in [3.8, 4) is 0 Å². The van der Waals surface area contributed by atoms with Gasteiger partial charge in [-0.3, -0.25) is 9.59 Å². The van der Waals surface area contributed by atoms with E-state index in [1.54, 1.807) is 35.6 Å². The number of benzene rings is 1. The summed E-state index contributed by atoms with van der Waals surface area (Å²) in [6.45, 7) is -0.154. The molecule has 0 saturated carbocycles. The lowest BCUT2D eigenvalue weighted by molar-refractivity contribution is -0.133. The van der Waals surface area contributed by atoms with Gasteiger partial charge in [0.1, 0.15) is 12.4 Å². The predicted molar refractivity (Wildman–Crippen MR) is 107 cm³/mol. The van der Waals surface area contributed by atoms with Gasteiger partial charge in [0.2, 0.25) is 0 Å². The quantitative estimate of drug-likeness (QED) is 0.639. The Hall–Kier alpha value is -3.26. The molecule has 0 N–H and O–H groups in total. The minimum Gasteiger partial charge on any atom is -0.459 e. The largest absolute Gasteiger partial charge is 0.459 e. The van der Waals surface area contributed by atoms with E-state index in [0.717, 1.165) is 16.2 Å². The number of thiophene rings is 1. The summed E-state index contributed by atoms with van der Waals surface area (Å²) in [7, 11) is 1.54. The van der Waals surface area contributed by atoms with Crippen molar-refractivity contribution in [1.29, 1.82) is 0 Å². The average Bonchev–Trinajstić information content (AvgIpc) is 3.48. The third-order valence-corrected chi connectivity index (χ3v) is 5.60. The first-order valence-electron chi connectivity index (χ1n) is 9.01. The van der Waals surface area contributed by atoms with Crippen LogP contribution in [-0.2, 0) is 4.79 Å². The summed E-state index contributed by atoms with van der Waals surface area (Å²) in [5.74, 6) is -0.885. The molecule has 2 amide bonds. The highest BCUT2D eigenvalue weighted by molar-refractivity contribution is 7.12. The van der Waals surface area contributed by atoms with E-state index in [0.29, 0.717) is 6.42 Å². The number of carbonyl (C=O) groups is 2. The monoisotopic (exact) mass is 411 g/mol. The third-order valence-electron chi connectivity index (χ3n) is 4.68. The summed E-state index contributed by atoms with van der Waals surface area (Å²) in [5, 5.41) is 7.89. The van der Waals surface area contributed by atoms with Gasteiger partial charge in [0.05, 0.1) is 22.9 Å². The molecule has 8 heteroatoms. The van der Waals surface area contributed by atoms with Crippen LogP contribution in [0.4, 0.5) is 4.39 Å². The zero-order chi connectivity index (χ0) is 20.4. The maximum atomic E-state index is 13.4. The van der Waals surface area contributed by atoms with Crippen LogP contribution in [0.3, 0.4) is 0 Å². The van der Waals surface area contributed by atoms with Crippen LogP contribution in [0.2, 0.25) is 0 Å². The molecule has 0 fully saturated rings. The van der Waals surface area contributed by atoms with Crippen molar-refractivity contribution < 1.29 is 18.4 Å². The Balaban J connectivity index is 1.57.